The number of halogens is 1. The predicted molar refractivity (Wildman–Crippen MR) is 85.7 cm³/mol. The normalized spacial score (nSPS) is 11.7. The molecule has 0 aliphatic carbocycles. The minimum atomic E-state index is -1.13. The van der Waals surface area contributed by atoms with E-state index in [1.54, 1.807) is 0 Å². The number of nitro benzene ring substituents is 1. The Morgan fingerprint density at radius 3 is 2.70 bits per heavy atom. The van der Waals surface area contributed by atoms with Gasteiger partial charge in [-0.15, -0.1) is 0 Å². The number of unbranched alkanes of at least 4 members (excludes halogenated alkanes) is 1. The Balaban J connectivity index is 2.69. The van der Waals surface area contributed by atoms with Crippen LogP contribution in [0.2, 0.25) is 5.02 Å². The Morgan fingerprint density at radius 1 is 1.43 bits per heavy atom. The molecule has 0 aromatic heterocycles. The molecule has 1 aromatic carbocycles. The van der Waals surface area contributed by atoms with Gasteiger partial charge < -0.3 is 15.7 Å². The molecule has 0 heterocycles. The van der Waals surface area contributed by atoms with Gasteiger partial charge in [-0.25, -0.2) is 0 Å². The third-order valence-corrected chi connectivity index (χ3v) is 3.35. The van der Waals surface area contributed by atoms with Crippen molar-refractivity contribution in [3.05, 3.63) is 33.3 Å². The maximum Gasteiger partial charge on any atom is 0.321 e. The van der Waals surface area contributed by atoms with E-state index < -0.39 is 22.8 Å². The molecular weight excluding hydrogens is 326 g/mol. The first kappa shape index (κ1) is 18.9. The second-order valence-electron chi connectivity index (χ2n) is 4.87. The molecule has 126 valence electrons. The van der Waals surface area contributed by atoms with Gasteiger partial charge in [0.1, 0.15) is 11.1 Å². The highest BCUT2D eigenvalue weighted by atomic mass is 35.5. The van der Waals surface area contributed by atoms with Crippen LogP contribution in [0.15, 0.2) is 18.2 Å². The van der Waals surface area contributed by atoms with E-state index in [2.05, 4.69) is 10.6 Å². The third kappa shape index (κ3) is 6.21. The third-order valence-electron chi connectivity index (χ3n) is 3.04. The van der Waals surface area contributed by atoms with Crippen molar-refractivity contribution in [2.45, 2.75) is 32.2 Å². The molecule has 1 rings (SSSR count). The monoisotopic (exact) mass is 343 g/mol. The predicted octanol–water partition coefficient (Wildman–Crippen LogP) is 2.42. The molecule has 0 saturated carbocycles. The van der Waals surface area contributed by atoms with Gasteiger partial charge in [-0.05, 0) is 25.1 Å². The Morgan fingerprint density at radius 2 is 2.13 bits per heavy atom. The summed E-state index contributed by atoms with van der Waals surface area (Å²) < 4.78 is 0. The van der Waals surface area contributed by atoms with Crippen LogP contribution in [0.1, 0.15) is 26.2 Å². The number of nitro groups is 1. The lowest BCUT2D eigenvalue weighted by atomic mass is 10.2. The summed E-state index contributed by atoms with van der Waals surface area (Å²) in [6.07, 6.45) is 1.42. The van der Waals surface area contributed by atoms with Crippen molar-refractivity contribution in [3.63, 3.8) is 0 Å². The van der Waals surface area contributed by atoms with Crippen LogP contribution in [-0.2, 0) is 9.59 Å². The van der Waals surface area contributed by atoms with Crippen LogP contribution in [0, 0.1) is 10.1 Å². The zero-order chi connectivity index (χ0) is 17.4. The van der Waals surface area contributed by atoms with Gasteiger partial charge in [0, 0.05) is 11.8 Å². The number of aliphatic carboxylic acids is 1. The van der Waals surface area contributed by atoms with Crippen molar-refractivity contribution in [1.29, 1.82) is 0 Å². The standard InChI is InChI=1S/C14H18ClN3O5/c1-2-3-6-16-11(14(20)21)8-13(19)17-9-4-5-10(15)12(7-9)18(22)23/h4-5,7,11,16H,2-3,6,8H2,1H3,(H,17,19)(H,20,21). The molecule has 0 bridgehead atoms. The number of carboxylic acids is 1. The average Bonchev–Trinajstić information content (AvgIpc) is 2.48. The Bertz CT molecular complexity index is 594. The lowest BCUT2D eigenvalue weighted by Gasteiger charge is -2.14. The van der Waals surface area contributed by atoms with Crippen LogP contribution in [0.25, 0.3) is 0 Å². The van der Waals surface area contributed by atoms with Crippen molar-refractivity contribution >= 4 is 34.9 Å². The van der Waals surface area contributed by atoms with Crippen molar-refractivity contribution in [3.8, 4) is 0 Å². The lowest BCUT2D eigenvalue weighted by Crippen LogP contribution is -2.40. The van der Waals surface area contributed by atoms with Crippen LogP contribution < -0.4 is 10.6 Å². The number of nitrogens with zero attached hydrogens (tertiary/aromatic N) is 1. The number of rotatable bonds is 9. The van der Waals surface area contributed by atoms with Gasteiger partial charge in [0.2, 0.25) is 5.91 Å². The van der Waals surface area contributed by atoms with Gasteiger partial charge in [0.25, 0.3) is 5.69 Å². The largest absolute Gasteiger partial charge is 0.480 e. The summed E-state index contributed by atoms with van der Waals surface area (Å²) in [5, 5.41) is 25.1. The van der Waals surface area contributed by atoms with Gasteiger partial charge >= 0.3 is 5.97 Å². The fraction of sp³-hybridized carbons (Fsp3) is 0.429. The van der Waals surface area contributed by atoms with Gasteiger partial charge in [0.05, 0.1) is 11.3 Å². The van der Waals surface area contributed by atoms with Crippen LogP contribution >= 0.6 is 11.6 Å². The number of carboxylic acid groups (broad SMARTS) is 1. The molecule has 1 aromatic rings. The topological polar surface area (TPSA) is 122 Å². The molecule has 3 N–H and O–H groups in total. The molecule has 0 radical (unpaired) electrons. The summed E-state index contributed by atoms with van der Waals surface area (Å²) in [4.78, 5) is 33.2. The van der Waals surface area contributed by atoms with Gasteiger partial charge in [-0.2, -0.15) is 0 Å². The zero-order valence-electron chi connectivity index (χ0n) is 12.5. The van der Waals surface area contributed by atoms with E-state index in [1.807, 2.05) is 6.92 Å². The van der Waals surface area contributed by atoms with Crippen molar-refractivity contribution < 1.29 is 19.6 Å². The minimum absolute atomic E-state index is 0.0438. The molecule has 0 fully saturated rings. The number of amides is 1. The van der Waals surface area contributed by atoms with Crippen molar-refractivity contribution in [2.75, 3.05) is 11.9 Å². The highest BCUT2D eigenvalue weighted by Crippen LogP contribution is 2.27. The highest BCUT2D eigenvalue weighted by molar-refractivity contribution is 6.32. The average molecular weight is 344 g/mol. The second-order valence-corrected chi connectivity index (χ2v) is 5.28. The Kier molecular flexibility index (Phi) is 7.43. The fourth-order valence-corrected chi connectivity index (χ4v) is 2.01. The maximum atomic E-state index is 11.9. The first-order chi connectivity index (χ1) is 10.8. The van der Waals surface area contributed by atoms with E-state index in [0.717, 1.165) is 18.9 Å². The summed E-state index contributed by atoms with van der Waals surface area (Å²) in [5.41, 5.74) is -0.149. The quantitative estimate of drug-likeness (QED) is 0.359. The highest BCUT2D eigenvalue weighted by Gasteiger charge is 2.21. The van der Waals surface area contributed by atoms with Gasteiger partial charge in [-0.1, -0.05) is 24.9 Å². The van der Waals surface area contributed by atoms with Crippen molar-refractivity contribution in [2.24, 2.45) is 0 Å². The van der Waals surface area contributed by atoms with Crippen LogP contribution in [-0.4, -0.2) is 34.5 Å². The minimum Gasteiger partial charge on any atom is -0.480 e. The van der Waals surface area contributed by atoms with E-state index >= 15 is 0 Å². The molecule has 0 saturated heterocycles. The molecule has 1 atom stereocenters. The van der Waals surface area contributed by atoms with Crippen LogP contribution in [0.3, 0.4) is 0 Å². The molecule has 23 heavy (non-hydrogen) atoms. The van der Waals surface area contributed by atoms with E-state index in [1.165, 1.54) is 12.1 Å². The molecule has 1 unspecified atom stereocenters. The number of carbonyl (C=O) groups is 2. The van der Waals surface area contributed by atoms with Crippen molar-refractivity contribution in [1.82, 2.24) is 5.32 Å². The molecule has 1 amide bonds. The van der Waals surface area contributed by atoms with E-state index in [4.69, 9.17) is 16.7 Å². The summed E-state index contributed by atoms with van der Waals surface area (Å²) in [6, 6.07) is 2.82. The van der Waals surface area contributed by atoms with Crippen LogP contribution in [0.4, 0.5) is 11.4 Å². The Labute approximate surface area is 138 Å². The number of anilines is 1. The Hall–Kier alpha value is -2.19. The van der Waals surface area contributed by atoms with E-state index in [0.29, 0.717) is 6.54 Å². The van der Waals surface area contributed by atoms with Gasteiger partial charge in [0.15, 0.2) is 0 Å². The molecule has 0 aliphatic heterocycles. The van der Waals surface area contributed by atoms with Gasteiger partial charge in [-0.3, -0.25) is 19.7 Å². The first-order valence-corrected chi connectivity index (χ1v) is 7.43. The molecule has 0 spiro atoms. The number of hydrogen-bond acceptors (Lipinski definition) is 5. The molecule has 9 heteroatoms. The molecular formula is C14H18ClN3O5. The fourth-order valence-electron chi connectivity index (χ4n) is 1.83. The summed E-state index contributed by atoms with van der Waals surface area (Å²) in [5.74, 6) is -1.68. The first-order valence-electron chi connectivity index (χ1n) is 7.05. The van der Waals surface area contributed by atoms with E-state index in [-0.39, 0.29) is 22.8 Å². The second kappa shape index (κ2) is 9.06. The summed E-state index contributed by atoms with van der Waals surface area (Å²) in [7, 11) is 0. The SMILES string of the molecule is CCCCNC(CC(=O)Nc1ccc(Cl)c([N+](=O)[O-])c1)C(=O)O. The number of nitrogens with one attached hydrogen (secondary N) is 2. The van der Waals surface area contributed by atoms with E-state index in [9.17, 15) is 19.7 Å². The number of carbonyl (C=O) groups excluding carboxylic acids is 1. The lowest BCUT2D eigenvalue weighted by molar-refractivity contribution is -0.384. The smallest absolute Gasteiger partial charge is 0.321 e. The molecule has 0 aliphatic rings. The van der Waals surface area contributed by atoms with Crippen LogP contribution in [0.5, 0.6) is 0 Å². The zero-order valence-corrected chi connectivity index (χ0v) is 13.3. The maximum absolute atomic E-state index is 11.9. The summed E-state index contributed by atoms with van der Waals surface area (Å²) in [6.45, 7) is 2.46. The number of benzene rings is 1. The number of hydrogen-bond donors (Lipinski definition) is 3. The summed E-state index contributed by atoms with van der Waals surface area (Å²) >= 11 is 5.68. The molecule has 8 nitrogen and oxygen atoms in total.